The molecule has 0 spiro atoms. The molecule has 2 bridgehead atoms. The van der Waals surface area contributed by atoms with Gasteiger partial charge in [0.25, 0.3) is 0 Å². The largest absolute Gasteiger partial charge is 0.355 e. The lowest BCUT2D eigenvalue weighted by Crippen LogP contribution is -2.23. The Hall–Kier alpha value is -0.720. The molecule has 0 fully saturated rings. The first-order valence-electron chi connectivity index (χ1n) is 3.07. The molecule has 0 saturated heterocycles. The van der Waals surface area contributed by atoms with Gasteiger partial charge in [-0.2, -0.15) is 0 Å². The van der Waals surface area contributed by atoms with Crippen molar-refractivity contribution in [2.75, 3.05) is 6.54 Å². The van der Waals surface area contributed by atoms with Crippen molar-refractivity contribution in [3.05, 3.63) is 24.6 Å². The quantitative estimate of drug-likeness (QED) is 0.451. The summed E-state index contributed by atoms with van der Waals surface area (Å²) in [4.78, 5) is 2.22. The van der Waals surface area contributed by atoms with Crippen molar-refractivity contribution in [1.82, 2.24) is 4.90 Å². The van der Waals surface area contributed by atoms with Crippen LogP contribution in [0.1, 0.15) is 6.42 Å². The zero-order chi connectivity index (χ0) is 5.40. The summed E-state index contributed by atoms with van der Waals surface area (Å²) in [7, 11) is 0. The van der Waals surface area contributed by atoms with E-state index in [4.69, 9.17) is 0 Å². The van der Waals surface area contributed by atoms with Crippen LogP contribution in [0.3, 0.4) is 0 Å². The number of fused-ring (bicyclic) bond motifs is 1. The van der Waals surface area contributed by atoms with E-state index in [2.05, 4.69) is 29.5 Å². The highest BCUT2D eigenvalue weighted by Gasteiger charge is 2.12. The second-order valence-corrected chi connectivity index (χ2v) is 2.37. The Bertz CT molecular complexity index is 116. The van der Waals surface area contributed by atoms with Crippen molar-refractivity contribution in [2.45, 2.75) is 6.42 Å². The zero-order valence-corrected chi connectivity index (χ0v) is 4.75. The van der Waals surface area contributed by atoms with E-state index in [9.17, 15) is 0 Å². The number of hydrogen-bond acceptors (Lipinski definition) is 1. The van der Waals surface area contributed by atoms with Gasteiger partial charge in [0.1, 0.15) is 0 Å². The van der Waals surface area contributed by atoms with Crippen LogP contribution in [0.4, 0.5) is 0 Å². The molecule has 3 rings (SSSR count). The van der Waals surface area contributed by atoms with Gasteiger partial charge in [-0.1, -0.05) is 12.2 Å². The Balaban J connectivity index is 2.31. The van der Waals surface area contributed by atoms with Crippen molar-refractivity contribution in [3.63, 3.8) is 0 Å². The van der Waals surface area contributed by atoms with Crippen molar-refractivity contribution >= 4 is 0 Å². The molecule has 0 unspecified atom stereocenters. The van der Waals surface area contributed by atoms with Crippen LogP contribution in [0.5, 0.6) is 0 Å². The minimum atomic E-state index is 0.750. The maximum absolute atomic E-state index is 2.25. The predicted molar refractivity (Wildman–Crippen MR) is 33.1 cm³/mol. The summed E-state index contributed by atoms with van der Waals surface area (Å²) in [5, 5.41) is 0. The average molecular weight is 107 g/mol. The SMILES string of the molecule is C1=CN2C=CC1CC2. The summed E-state index contributed by atoms with van der Waals surface area (Å²) >= 11 is 0. The van der Waals surface area contributed by atoms with E-state index in [1.165, 1.54) is 13.0 Å². The third-order valence-electron chi connectivity index (χ3n) is 1.77. The van der Waals surface area contributed by atoms with Crippen molar-refractivity contribution in [2.24, 2.45) is 5.92 Å². The molecular weight excluding hydrogens is 98.1 g/mol. The number of nitrogens with zero attached hydrogens (tertiary/aromatic N) is 1. The highest BCUT2D eigenvalue weighted by molar-refractivity contribution is 5.11. The van der Waals surface area contributed by atoms with Gasteiger partial charge in [0.15, 0.2) is 0 Å². The van der Waals surface area contributed by atoms with Gasteiger partial charge in [0, 0.05) is 18.9 Å². The second-order valence-electron chi connectivity index (χ2n) is 2.37. The van der Waals surface area contributed by atoms with Gasteiger partial charge >= 0.3 is 0 Å². The van der Waals surface area contributed by atoms with Gasteiger partial charge in [-0.05, 0) is 12.3 Å². The predicted octanol–water partition coefficient (Wildman–Crippen LogP) is 1.35. The zero-order valence-electron chi connectivity index (χ0n) is 4.75. The lowest BCUT2D eigenvalue weighted by molar-refractivity contribution is 0.405. The van der Waals surface area contributed by atoms with Gasteiger partial charge in [-0.15, -0.1) is 0 Å². The molecule has 0 aliphatic carbocycles. The molecule has 0 N–H and O–H groups in total. The Labute approximate surface area is 49.3 Å². The molecule has 0 saturated carbocycles. The normalized spacial score (nSPS) is 25.2. The molecule has 3 aliphatic rings. The lowest BCUT2D eigenvalue weighted by Gasteiger charge is -2.28. The molecule has 0 amide bonds. The maximum Gasteiger partial charge on any atom is 0.0227 e. The fraction of sp³-hybridized carbons (Fsp3) is 0.429. The molecule has 3 aliphatic heterocycles. The highest BCUT2D eigenvalue weighted by atomic mass is 15.1. The van der Waals surface area contributed by atoms with Gasteiger partial charge in [-0.25, -0.2) is 0 Å². The third kappa shape index (κ3) is 0.474. The first-order chi connectivity index (χ1) is 3.95. The van der Waals surface area contributed by atoms with Crippen molar-refractivity contribution in [3.8, 4) is 0 Å². The van der Waals surface area contributed by atoms with Crippen molar-refractivity contribution in [1.29, 1.82) is 0 Å². The van der Waals surface area contributed by atoms with Gasteiger partial charge in [-0.3, -0.25) is 0 Å². The van der Waals surface area contributed by atoms with Crippen LogP contribution in [0, 0.1) is 5.92 Å². The molecule has 8 heavy (non-hydrogen) atoms. The number of allylic oxidation sites excluding steroid dienone is 2. The Kier molecular flexibility index (Phi) is 0.720. The van der Waals surface area contributed by atoms with Crippen LogP contribution in [0.25, 0.3) is 0 Å². The monoisotopic (exact) mass is 107 g/mol. The maximum atomic E-state index is 2.25. The van der Waals surface area contributed by atoms with Gasteiger partial charge in [0.05, 0.1) is 0 Å². The van der Waals surface area contributed by atoms with Crippen LogP contribution >= 0.6 is 0 Å². The van der Waals surface area contributed by atoms with E-state index < -0.39 is 0 Å². The number of hydrogen-bond donors (Lipinski definition) is 0. The molecule has 1 nitrogen and oxygen atoms in total. The van der Waals surface area contributed by atoms with Crippen LogP contribution in [0.2, 0.25) is 0 Å². The average Bonchev–Trinajstić information content (AvgIpc) is 1.92. The van der Waals surface area contributed by atoms with E-state index >= 15 is 0 Å². The third-order valence-corrected chi connectivity index (χ3v) is 1.77. The summed E-state index contributed by atoms with van der Waals surface area (Å²) in [6.45, 7) is 1.22. The van der Waals surface area contributed by atoms with Gasteiger partial charge in [0.2, 0.25) is 0 Å². The standard InChI is InChI=1S/C7H9N/c1-4-8-5-2-7(1)3-6-8/h1-2,4-5,7H,3,6H2. The molecule has 0 atom stereocenters. The van der Waals surface area contributed by atoms with E-state index in [1.807, 2.05) is 0 Å². The molecule has 0 aromatic rings. The molecule has 1 heteroatoms. The summed E-state index contributed by atoms with van der Waals surface area (Å²) < 4.78 is 0. The summed E-state index contributed by atoms with van der Waals surface area (Å²) in [5.41, 5.74) is 0. The molecular formula is C7H9N. The summed E-state index contributed by atoms with van der Waals surface area (Å²) in [6.07, 6.45) is 10.1. The van der Waals surface area contributed by atoms with Crippen LogP contribution in [-0.4, -0.2) is 11.4 Å². The van der Waals surface area contributed by atoms with E-state index in [-0.39, 0.29) is 0 Å². The molecule has 42 valence electrons. The Morgan fingerprint density at radius 3 is 2.12 bits per heavy atom. The van der Waals surface area contributed by atoms with Crippen LogP contribution in [-0.2, 0) is 0 Å². The number of rotatable bonds is 0. The second kappa shape index (κ2) is 1.38. The first kappa shape index (κ1) is 4.19. The summed E-state index contributed by atoms with van der Waals surface area (Å²) in [5.74, 6) is 0.750. The minimum Gasteiger partial charge on any atom is -0.355 e. The molecule has 0 aromatic carbocycles. The molecule has 3 heterocycles. The Morgan fingerprint density at radius 2 is 2.00 bits per heavy atom. The van der Waals surface area contributed by atoms with Crippen molar-refractivity contribution < 1.29 is 0 Å². The van der Waals surface area contributed by atoms with Crippen LogP contribution < -0.4 is 0 Å². The van der Waals surface area contributed by atoms with E-state index in [1.54, 1.807) is 0 Å². The van der Waals surface area contributed by atoms with Gasteiger partial charge < -0.3 is 4.90 Å². The van der Waals surface area contributed by atoms with E-state index in [0.29, 0.717) is 0 Å². The highest BCUT2D eigenvalue weighted by Crippen LogP contribution is 2.20. The fourth-order valence-electron chi connectivity index (χ4n) is 1.20. The fourth-order valence-corrected chi connectivity index (χ4v) is 1.20. The lowest BCUT2D eigenvalue weighted by atomic mass is 9.99. The Morgan fingerprint density at radius 1 is 1.25 bits per heavy atom. The molecule has 0 aromatic heterocycles. The topological polar surface area (TPSA) is 3.24 Å². The van der Waals surface area contributed by atoms with E-state index in [0.717, 1.165) is 5.92 Å². The minimum absolute atomic E-state index is 0.750. The first-order valence-corrected chi connectivity index (χ1v) is 3.07. The molecule has 0 radical (unpaired) electrons. The summed E-state index contributed by atoms with van der Waals surface area (Å²) in [6, 6.07) is 0. The van der Waals surface area contributed by atoms with Crippen LogP contribution in [0.15, 0.2) is 24.6 Å². The smallest absolute Gasteiger partial charge is 0.0227 e.